The van der Waals surface area contributed by atoms with E-state index in [0.29, 0.717) is 30.2 Å². The third-order valence-electron chi connectivity index (χ3n) is 3.67. The van der Waals surface area contributed by atoms with Crippen molar-refractivity contribution < 1.29 is 19.1 Å². The van der Waals surface area contributed by atoms with Crippen LogP contribution in [0, 0.1) is 0 Å². The van der Waals surface area contributed by atoms with Gasteiger partial charge in [-0.2, -0.15) is 0 Å². The Morgan fingerprint density at radius 2 is 2.20 bits per heavy atom. The molecule has 1 unspecified atom stereocenters. The van der Waals surface area contributed by atoms with E-state index in [4.69, 9.17) is 9.47 Å². The number of Topliss-reactive ketones (excluding diaryl/α,β-unsaturated/α-hetero) is 1. The van der Waals surface area contributed by atoms with Crippen LogP contribution in [-0.2, 0) is 4.79 Å². The maximum atomic E-state index is 12.3. The van der Waals surface area contributed by atoms with Gasteiger partial charge in [0.15, 0.2) is 17.3 Å². The largest absolute Gasteiger partial charge is 0.454 e. The van der Waals surface area contributed by atoms with Gasteiger partial charge in [0.1, 0.15) is 0 Å². The van der Waals surface area contributed by atoms with Gasteiger partial charge in [-0.15, -0.1) is 0 Å². The minimum Gasteiger partial charge on any atom is -0.454 e. The van der Waals surface area contributed by atoms with Crippen LogP contribution in [0.15, 0.2) is 18.2 Å². The van der Waals surface area contributed by atoms with Gasteiger partial charge in [-0.3, -0.25) is 14.5 Å². The molecule has 2 aliphatic rings. The molecule has 1 atom stereocenters. The summed E-state index contributed by atoms with van der Waals surface area (Å²) in [5.74, 6) is 1.20. The average Bonchev–Trinajstić information content (AvgIpc) is 2.91. The number of carbonyl (C=O) groups is 2. The fraction of sp³-hybridized carbons (Fsp3) is 0.429. The number of ketones is 1. The van der Waals surface area contributed by atoms with Crippen molar-refractivity contribution in [2.24, 2.45) is 0 Å². The molecule has 1 saturated heterocycles. The number of nitrogens with zero attached hydrogens (tertiary/aromatic N) is 1. The summed E-state index contributed by atoms with van der Waals surface area (Å²) in [5.41, 5.74) is 0.576. The highest BCUT2D eigenvalue weighted by atomic mass is 16.7. The highest BCUT2D eigenvalue weighted by Crippen LogP contribution is 2.32. The maximum Gasteiger partial charge on any atom is 0.237 e. The molecular weight excluding hydrogens is 260 g/mol. The molecule has 1 fully saturated rings. The van der Waals surface area contributed by atoms with E-state index in [1.54, 1.807) is 25.1 Å². The van der Waals surface area contributed by atoms with Crippen LogP contribution in [0.1, 0.15) is 17.3 Å². The van der Waals surface area contributed by atoms with E-state index in [1.165, 1.54) is 0 Å². The average molecular weight is 276 g/mol. The van der Waals surface area contributed by atoms with Crippen LogP contribution in [0.4, 0.5) is 0 Å². The quantitative estimate of drug-likeness (QED) is 0.810. The molecule has 6 nitrogen and oxygen atoms in total. The second kappa shape index (κ2) is 5.13. The second-order valence-corrected chi connectivity index (χ2v) is 4.93. The standard InChI is InChI=1S/C14H16N2O4/c1-9-14(18)15-4-5-16(9)7-11(17)10-2-3-12-13(6-10)20-8-19-12/h2-3,6,9H,4-5,7-8H2,1H3,(H,15,18). The van der Waals surface area contributed by atoms with Gasteiger partial charge in [0.05, 0.1) is 12.6 Å². The minimum atomic E-state index is -0.276. The van der Waals surface area contributed by atoms with Gasteiger partial charge in [-0.25, -0.2) is 0 Å². The Bertz CT molecular complexity index is 558. The maximum absolute atomic E-state index is 12.3. The molecule has 1 amide bonds. The summed E-state index contributed by atoms with van der Waals surface area (Å²) in [4.78, 5) is 25.8. The Balaban J connectivity index is 1.71. The van der Waals surface area contributed by atoms with Crippen LogP contribution in [0.3, 0.4) is 0 Å². The van der Waals surface area contributed by atoms with Crippen LogP contribution in [0.5, 0.6) is 11.5 Å². The number of ether oxygens (including phenoxy) is 2. The lowest BCUT2D eigenvalue weighted by Gasteiger charge is -2.32. The molecule has 2 aliphatic heterocycles. The predicted octanol–water partition coefficient (Wildman–Crippen LogP) is 0.418. The second-order valence-electron chi connectivity index (χ2n) is 4.93. The Kier molecular flexibility index (Phi) is 3.31. The fourth-order valence-corrected chi connectivity index (χ4v) is 2.39. The van der Waals surface area contributed by atoms with Crippen LogP contribution >= 0.6 is 0 Å². The summed E-state index contributed by atoms with van der Waals surface area (Å²) >= 11 is 0. The van der Waals surface area contributed by atoms with Crippen molar-refractivity contribution in [3.8, 4) is 11.5 Å². The molecule has 0 bridgehead atoms. The number of carbonyl (C=O) groups excluding carboxylic acids is 2. The van der Waals surface area contributed by atoms with Gasteiger partial charge in [-0.05, 0) is 25.1 Å². The van der Waals surface area contributed by atoms with Crippen molar-refractivity contribution in [1.29, 1.82) is 0 Å². The molecule has 0 aliphatic carbocycles. The first-order valence-corrected chi connectivity index (χ1v) is 6.60. The number of fused-ring (bicyclic) bond motifs is 1. The lowest BCUT2D eigenvalue weighted by molar-refractivity contribution is -0.127. The number of amides is 1. The zero-order valence-electron chi connectivity index (χ0n) is 11.2. The lowest BCUT2D eigenvalue weighted by atomic mass is 10.1. The summed E-state index contributed by atoms with van der Waals surface area (Å²) in [6.45, 7) is 3.49. The number of piperazine rings is 1. The minimum absolute atomic E-state index is 0.0233. The van der Waals surface area contributed by atoms with Crippen molar-refractivity contribution in [3.05, 3.63) is 23.8 Å². The third-order valence-corrected chi connectivity index (χ3v) is 3.67. The summed E-state index contributed by atoms with van der Waals surface area (Å²) in [6.07, 6.45) is 0. The summed E-state index contributed by atoms with van der Waals surface area (Å²) in [7, 11) is 0. The molecule has 0 radical (unpaired) electrons. The topological polar surface area (TPSA) is 67.9 Å². The highest BCUT2D eigenvalue weighted by molar-refractivity contribution is 5.98. The lowest BCUT2D eigenvalue weighted by Crippen LogP contribution is -2.55. The number of rotatable bonds is 3. The van der Waals surface area contributed by atoms with E-state index >= 15 is 0 Å². The van der Waals surface area contributed by atoms with Crippen LogP contribution in [-0.4, -0.2) is 49.1 Å². The number of benzene rings is 1. The number of nitrogens with one attached hydrogen (secondary N) is 1. The Hall–Kier alpha value is -2.08. The zero-order valence-corrected chi connectivity index (χ0v) is 11.2. The van der Waals surface area contributed by atoms with E-state index in [1.807, 2.05) is 4.90 Å². The Morgan fingerprint density at radius 3 is 3.05 bits per heavy atom. The summed E-state index contributed by atoms with van der Waals surface area (Å²) in [5, 5.41) is 2.78. The predicted molar refractivity (Wildman–Crippen MR) is 70.9 cm³/mol. The number of hydrogen-bond donors (Lipinski definition) is 1. The van der Waals surface area contributed by atoms with Gasteiger partial charge in [0, 0.05) is 18.7 Å². The smallest absolute Gasteiger partial charge is 0.237 e. The van der Waals surface area contributed by atoms with Crippen molar-refractivity contribution in [3.63, 3.8) is 0 Å². The summed E-state index contributed by atoms with van der Waals surface area (Å²) < 4.78 is 10.5. The highest BCUT2D eigenvalue weighted by Gasteiger charge is 2.27. The fourth-order valence-electron chi connectivity index (χ4n) is 2.39. The molecule has 106 valence electrons. The molecule has 1 N–H and O–H groups in total. The van der Waals surface area contributed by atoms with Gasteiger partial charge < -0.3 is 14.8 Å². The van der Waals surface area contributed by atoms with E-state index in [-0.39, 0.29) is 31.1 Å². The van der Waals surface area contributed by atoms with E-state index in [2.05, 4.69) is 5.32 Å². The first kappa shape index (κ1) is 12.9. The molecule has 6 heteroatoms. The van der Waals surface area contributed by atoms with E-state index in [9.17, 15) is 9.59 Å². The molecule has 0 aromatic heterocycles. The molecule has 0 spiro atoms. The van der Waals surface area contributed by atoms with Gasteiger partial charge in [0.25, 0.3) is 0 Å². The van der Waals surface area contributed by atoms with Crippen molar-refractivity contribution >= 4 is 11.7 Å². The Morgan fingerprint density at radius 1 is 1.40 bits per heavy atom. The molecule has 0 saturated carbocycles. The van der Waals surface area contributed by atoms with Crippen molar-refractivity contribution in [1.82, 2.24) is 10.2 Å². The monoisotopic (exact) mass is 276 g/mol. The molecule has 2 heterocycles. The van der Waals surface area contributed by atoms with Gasteiger partial charge in [-0.1, -0.05) is 0 Å². The first-order chi connectivity index (χ1) is 9.65. The van der Waals surface area contributed by atoms with Crippen LogP contribution in [0.2, 0.25) is 0 Å². The molecular formula is C14H16N2O4. The molecule has 20 heavy (non-hydrogen) atoms. The molecule has 1 aromatic carbocycles. The first-order valence-electron chi connectivity index (χ1n) is 6.60. The van der Waals surface area contributed by atoms with Gasteiger partial charge in [0.2, 0.25) is 12.7 Å². The normalized spacial score (nSPS) is 21.6. The zero-order chi connectivity index (χ0) is 14.1. The number of hydrogen-bond acceptors (Lipinski definition) is 5. The molecule has 3 rings (SSSR count). The van der Waals surface area contributed by atoms with Crippen molar-refractivity contribution in [2.75, 3.05) is 26.4 Å². The molecule has 1 aromatic rings. The Labute approximate surface area is 116 Å². The van der Waals surface area contributed by atoms with Crippen molar-refractivity contribution in [2.45, 2.75) is 13.0 Å². The van der Waals surface area contributed by atoms with Crippen LogP contribution in [0.25, 0.3) is 0 Å². The SMILES string of the molecule is CC1C(=O)NCCN1CC(=O)c1ccc2c(c1)OCO2. The third kappa shape index (κ3) is 2.34. The van der Waals surface area contributed by atoms with E-state index < -0.39 is 0 Å². The van der Waals surface area contributed by atoms with E-state index in [0.717, 1.165) is 0 Å². The van der Waals surface area contributed by atoms with Gasteiger partial charge >= 0.3 is 0 Å². The van der Waals surface area contributed by atoms with Crippen LogP contribution < -0.4 is 14.8 Å². The summed E-state index contributed by atoms with van der Waals surface area (Å²) in [6, 6.07) is 4.88.